The van der Waals surface area contributed by atoms with Crippen molar-refractivity contribution in [3.05, 3.63) is 0 Å². The zero-order valence-electron chi connectivity index (χ0n) is 9.55. The van der Waals surface area contributed by atoms with Gasteiger partial charge in [0.25, 0.3) is 0 Å². The highest BCUT2D eigenvalue weighted by atomic mass is 32.2. The monoisotopic (exact) mass is 240 g/mol. The van der Waals surface area contributed by atoms with Crippen molar-refractivity contribution in [3.63, 3.8) is 0 Å². The first-order valence-electron chi connectivity index (χ1n) is 6.04. The maximum absolute atomic E-state index is 3.58. The van der Waals surface area contributed by atoms with Crippen LogP contribution in [0.15, 0.2) is 0 Å². The minimum absolute atomic E-state index is 0.364. The first kappa shape index (κ1) is 11.7. The molecular weight excluding hydrogens is 220 g/mol. The summed E-state index contributed by atoms with van der Waals surface area (Å²) in [4.78, 5) is 0. The zero-order chi connectivity index (χ0) is 10.6. The molecule has 15 heavy (non-hydrogen) atoms. The molecule has 1 aliphatic carbocycles. The Morgan fingerprint density at radius 3 is 2.27 bits per heavy atom. The summed E-state index contributed by atoms with van der Waals surface area (Å²) in [6, 6.07) is 0. The second kappa shape index (κ2) is 5.55. The number of thioether (sulfide) groups is 2. The smallest absolute Gasteiger partial charge is 0.0667 e. The summed E-state index contributed by atoms with van der Waals surface area (Å²) < 4.78 is 0.763. The molecule has 0 N–H and O–H groups in total. The Morgan fingerprint density at radius 2 is 1.67 bits per heavy atom. The fourth-order valence-corrected chi connectivity index (χ4v) is 6.08. The molecule has 1 saturated carbocycles. The standard InChI is InChI=1S/C13H20S2/c1-2-7-13(8-4-3-5-9-13)12-14-10-6-11-15-12/h12H,3-6,8-11H2,1H3. The average molecular weight is 240 g/mol. The molecule has 0 atom stereocenters. The van der Waals surface area contributed by atoms with E-state index in [4.69, 9.17) is 0 Å². The van der Waals surface area contributed by atoms with E-state index in [1.165, 1.54) is 50.0 Å². The summed E-state index contributed by atoms with van der Waals surface area (Å²) in [5.74, 6) is 9.48. The van der Waals surface area contributed by atoms with Crippen LogP contribution < -0.4 is 0 Å². The zero-order valence-corrected chi connectivity index (χ0v) is 11.2. The molecule has 0 aromatic rings. The largest absolute Gasteiger partial charge is 0.146 e. The van der Waals surface area contributed by atoms with Gasteiger partial charge in [0, 0.05) is 0 Å². The van der Waals surface area contributed by atoms with Gasteiger partial charge in [-0.15, -0.1) is 29.4 Å². The van der Waals surface area contributed by atoms with E-state index in [2.05, 4.69) is 35.4 Å². The maximum Gasteiger partial charge on any atom is 0.0667 e. The van der Waals surface area contributed by atoms with Crippen molar-refractivity contribution < 1.29 is 0 Å². The minimum Gasteiger partial charge on any atom is -0.146 e. The molecule has 0 aromatic heterocycles. The normalized spacial score (nSPS) is 26.7. The number of hydrogen-bond donors (Lipinski definition) is 0. The maximum atomic E-state index is 3.58. The summed E-state index contributed by atoms with van der Waals surface area (Å²) in [5, 5.41) is 0. The average Bonchev–Trinajstić information content (AvgIpc) is 2.32. The predicted octanol–water partition coefficient (Wildman–Crippen LogP) is 4.16. The summed E-state index contributed by atoms with van der Waals surface area (Å²) in [6.45, 7) is 2.01. The van der Waals surface area contributed by atoms with Crippen molar-refractivity contribution in [1.29, 1.82) is 0 Å². The van der Waals surface area contributed by atoms with Crippen molar-refractivity contribution in [2.45, 2.75) is 50.0 Å². The third-order valence-electron chi connectivity index (χ3n) is 3.40. The van der Waals surface area contributed by atoms with Gasteiger partial charge in [-0.1, -0.05) is 25.2 Å². The molecule has 2 heteroatoms. The molecule has 2 fully saturated rings. The van der Waals surface area contributed by atoms with Crippen molar-refractivity contribution in [3.8, 4) is 11.8 Å². The van der Waals surface area contributed by atoms with E-state index in [-0.39, 0.29) is 0 Å². The lowest BCUT2D eigenvalue weighted by atomic mass is 9.76. The van der Waals surface area contributed by atoms with E-state index >= 15 is 0 Å². The Labute approximate surface area is 102 Å². The van der Waals surface area contributed by atoms with Crippen LogP contribution in [0.3, 0.4) is 0 Å². The lowest BCUT2D eigenvalue weighted by Crippen LogP contribution is -2.33. The van der Waals surface area contributed by atoms with Crippen molar-refractivity contribution in [1.82, 2.24) is 0 Å². The van der Waals surface area contributed by atoms with Crippen LogP contribution in [-0.2, 0) is 0 Å². The van der Waals surface area contributed by atoms with Gasteiger partial charge in [0.1, 0.15) is 0 Å². The summed E-state index contributed by atoms with van der Waals surface area (Å²) >= 11 is 4.34. The second-order valence-electron chi connectivity index (χ2n) is 4.52. The molecule has 2 rings (SSSR count). The van der Waals surface area contributed by atoms with Gasteiger partial charge in [-0.25, -0.2) is 0 Å². The summed E-state index contributed by atoms with van der Waals surface area (Å²) in [7, 11) is 0. The molecular formula is C13H20S2. The van der Waals surface area contributed by atoms with Crippen LogP contribution in [0.4, 0.5) is 0 Å². The number of hydrogen-bond acceptors (Lipinski definition) is 2. The fourth-order valence-electron chi connectivity index (χ4n) is 2.66. The van der Waals surface area contributed by atoms with Gasteiger partial charge in [-0.3, -0.25) is 0 Å². The minimum atomic E-state index is 0.364. The Hall–Kier alpha value is 0.260. The quantitative estimate of drug-likeness (QED) is 0.631. The predicted molar refractivity (Wildman–Crippen MR) is 72.3 cm³/mol. The van der Waals surface area contributed by atoms with Crippen LogP contribution in [0.25, 0.3) is 0 Å². The van der Waals surface area contributed by atoms with Gasteiger partial charge < -0.3 is 0 Å². The molecule has 1 heterocycles. The van der Waals surface area contributed by atoms with Crippen LogP contribution in [0.5, 0.6) is 0 Å². The van der Waals surface area contributed by atoms with Crippen LogP contribution >= 0.6 is 23.5 Å². The SMILES string of the molecule is CC#CC1(C2SCCCS2)CCCCC1. The van der Waals surface area contributed by atoms with E-state index in [1.807, 2.05) is 6.92 Å². The van der Waals surface area contributed by atoms with Gasteiger partial charge in [0.05, 0.1) is 10.00 Å². The first-order chi connectivity index (χ1) is 7.37. The molecule has 2 aliphatic rings. The summed E-state index contributed by atoms with van der Waals surface area (Å²) in [6.07, 6.45) is 8.30. The lowest BCUT2D eigenvalue weighted by molar-refractivity contribution is 0.294. The fraction of sp³-hybridized carbons (Fsp3) is 0.846. The van der Waals surface area contributed by atoms with Crippen molar-refractivity contribution in [2.75, 3.05) is 11.5 Å². The highest BCUT2D eigenvalue weighted by molar-refractivity contribution is 8.17. The molecule has 0 nitrogen and oxygen atoms in total. The van der Waals surface area contributed by atoms with Crippen molar-refractivity contribution in [2.24, 2.45) is 5.41 Å². The summed E-state index contributed by atoms with van der Waals surface area (Å²) in [5.41, 5.74) is 0.364. The lowest BCUT2D eigenvalue weighted by Gasteiger charge is -2.40. The van der Waals surface area contributed by atoms with Gasteiger partial charge in [0.2, 0.25) is 0 Å². The van der Waals surface area contributed by atoms with Crippen LogP contribution in [0.2, 0.25) is 0 Å². The van der Waals surface area contributed by atoms with E-state index in [0.717, 1.165) is 4.58 Å². The van der Waals surface area contributed by atoms with Gasteiger partial charge in [0.15, 0.2) is 0 Å². The van der Waals surface area contributed by atoms with E-state index < -0.39 is 0 Å². The molecule has 0 aromatic carbocycles. The highest BCUT2D eigenvalue weighted by Crippen LogP contribution is 2.50. The third kappa shape index (κ3) is 2.68. The Kier molecular flexibility index (Phi) is 4.34. The highest BCUT2D eigenvalue weighted by Gasteiger charge is 2.39. The molecule has 0 spiro atoms. The number of rotatable bonds is 1. The molecule has 0 radical (unpaired) electrons. The Morgan fingerprint density at radius 1 is 1.00 bits per heavy atom. The molecule has 1 aliphatic heterocycles. The van der Waals surface area contributed by atoms with E-state index in [1.54, 1.807) is 0 Å². The van der Waals surface area contributed by atoms with Gasteiger partial charge in [-0.05, 0) is 37.7 Å². The van der Waals surface area contributed by atoms with Gasteiger partial charge >= 0.3 is 0 Å². The van der Waals surface area contributed by atoms with Crippen LogP contribution in [-0.4, -0.2) is 16.1 Å². The molecule has 0 bridgehead atoms. The Balaban J connectivity index is 2.11. The van der Waals surface area contributed by atoms with E-state index in [9.17, 15) is 0 Å². The van der Waals surface area contributed by atoms with Crippen molar-refractivity contribution >= 4 is 23.5 Å². The molecule has 84 valence electrons. The first-order valence-corrected chi connectivity index (χ1v) is 8.14. The third-order valence-corrected chi connectivity index (χ3v) is 6.77. The van der Waals surface area contributed by atoms with Gasteiger partial charge in [-0.2, -0.15) is 0 Å². The van der Waals surface area contributed by atoms with Crippen LogP contribution in [0.1, 0.15) is 45.4 Å². The topological polar surface area (TPSA) is 0 Å². The second-order valence-corrected chi connectivity index (χ2v) is 7.24. The molecule has 0 amide bonds. The van der Waals surface area contributed by atoms with Crippen LogP contribution in [0, 0.1) is 17.3 Å². The molecule has 1 saturated heterocycles. The van der Waals surface area contributed by atoms with E-state index in [0.29, 0.717) is 5.41 Å². The molecule has 0 unspecified atom stereocenters. The Bertz CT molecular complexity index is 249.